The van der Waals surface area contributed by atoms with E-state index in [1.54, 1.807) is 7.11 Å². The maximum atomic E-state index is 5.23. The van der Waals surface area contributed by atoms with E-state index in [1.165, 1.54) is 0 Å². The molecule has 1 aromatic carbocycles. The molecule has 100 valence electrons. The molecule has 4 nitrogen and oxygen atoms in total. The molecule has 0 fully saturated rings. The van der Waals surface area contributed by atoms with Crippen LogP contribution in [0.5, 0.6) is 5.75 Å². The Morgan fingerprint density at radius 2 is 2.00 bits per heavy atom. The van der Waals surface area contributed by atoms with Crippen LogP contribution in [-0.4, -0.2) is 18.6 Å². The Labute approximate surface area is 121 Å². The van der Waals surface area contributed by atoms with Gasteiger partial charge in [0.05, 0.1) is 7.11 Å². The number of anilines is 3. The van der Waals surface area contributed by atoms with Crippen molar-refractivity contribution in [1.29, 1.82) is 0 Å². The van der Waals surface area contributed by atoms with Gasteiger partial charge in [0.25, 0.3) is 0 Å². The van der Waals surface area contributed by atoms with Crippen LogP contribution in [-0.2, 0) is 0 Å². The second kappa shape index (κ2) is 6.43. The second-order valence-corrected chi connectivity index (χ2v) is 4.86. The lowest BCUT2D eigenvalue weighted by Gasteiger charge is -2.10. The van der Waals surface area contributed by atoms with Gasteiger partial charge >= 0.3 is 0 Å². The normalized spacial score (nSPS) is 10.1. The fourth-order valence-corrected chi connectivity index (χ4v) is 2.16. The van der Waals surface area contributed by atoms with E-state index in [0.29, 0.717) is 0 Å². The van der Waals surface area contributed by atoms with Crippen LogP contribution in [0, 0.1) is 0 Å². The smallest absolute Gasteiger partial charge is 0.132 e. The molecule has 1 aromatic heterocycles. The lowest BCUT2D eigenvalue weighted by Crippen LogP contribution is -2.01. The van der Waals surface area contributed by atoms with Crippen molar-refractivity contribution in [2.45, 2.75) is 6.92 Å². The molecule has 0 aliphatic heterocycles. The van der Waals surface area contributed by atoms with Gasteiger partial charge in [-0.1, -0.05) is 22.0 Å². The monoisotopic (exact) mass is 321 g/mol. The van der Waals surface area contributed by atoms with Gasteiger partial charge in [0.2, 0.25) is 0 Å². The zero-order valence-corrected chi connectivity index (χ0v) is 12.5. The Bertz CT molecular complexity index is 560. The number of hydrogen-bond acceptors (Lipinski definition) is 4. The van der Waals surface area contributed by atoms with Crippen molar-refractivity contribution in [3.8, 4) is 5.75 Å². The van der Waals surface area contributed by atoms with Crippen molar-refractivity contribution < 1.29 is 4.74 Å². The Kier molecular flexibility index (Phi) is 4.63. The van der Waals surface area contributed by atoms with Gasteiger partial charge in [0, 0.05) is 22.8 Å². The number of halogens is 1. The lowest BCUT2D eigenvalue weighted by atomic mass is 10.3. The lowest BCUT2D eigenvalue weighted by molar-refractivity contribution is 0.415. The molecule has 0 saturated heterocycles. The minimum absolute atomic E-state index is 0.790. The molecule has 0 bridgehead atoms. The molecule has 0 spiro atoms. The zero-order valence-electron chi connectivity index (χ0n) is 10.9. The van der Waals surface area contributed by atoms with Crippen molar-refractivity contribution in [3.63, 3.8) is 0 Å². The van der Waals surface area contributed by atoms with Gasteiger partial charge in [-0.15, -0.1) is 0 Å². The highest BCUT2D eigenvalue weighted by Crippen LogP contribution is 2.26. The molecule has 0 aliphatic carbocycles. The van der Waals surface area contributed by atoms with Crippen molar-refractivity contribution in [3.05, 3.63) is 40.9 Å². The number of methoxy groups -OCH3 is 1. The van der Waals surface area contributed by atoms with Crippen LogP contribution in [0.4, 0.5) is 17.3 Å². The second-order valence-electron chi connectivity index (χ2n) is 3.94. The first-order valence-corrected chi connectivity index (χ1v) is 6.83. The average molecular weight is 322 g/mol. The summed E-state index contributed by atoms with van der Waals surface area (Å²) in [6, 6.07) is 11.6. The van der Waals surface area contributed by atoms with E-state index >= 15 is 0 Å². The first kappa shape index (κ1) is 13.7. The van der Waals surface area contributed by atoms with Crippen LogP contribution in [0.15, 0.2) is 40.9 Å². The summed E-state index contributed by atoms with van der Waals surface area (Å²) in [6.07, 6.45) is 0. The highest BCUT2D eigenvalue weighted by Gasteiger charge is 2.02. The molecule has 0 amide bonds. The summed E-state index contributed by atoms with van der Waals surface area (Å²) in [4.78, 5) is 4.46. The van der Waals surface area contributed by atoms with E-state index < -0.39 is 0 Å². The minimum Gasteiger partial charge on any atom is -0.497 e. The summed E-state index contributed by atoms with van der Waals surface area (Å²) in [6.45, 7) is 2.89. The van der Waals surface area contributed by atoms with E-state index in [4.69, 9.17) is 4.74 Å². The van der Waals surface area contributed by atoms with E-state index in [1.807, 2.05) is 43.3 Å². The van der Waals surface area contributed by atoms with E-state index in [-0.39, 0.29) is 0 Å². The number of nitrogens with zero attached hydrogens (tertiary/aromatic N) is 1. The van der Waals surface area contributed by atoms with E-state index in [9.17, 15) is 0 Å². The predicted molar refractivity (Wildman–Crippen MR) is 82.4 cm³/mol. The number of ether oxygens (including phenoxy) is 1. The minimum atomic E-state index is 0.790. The van der Waals surface area contributed by atoms with Crippen LogP contribution in [0.2, 0.25) is 0 Å². The molecule has 19 heavy (non-hydrogen) atoms. The number of hydrogen-bond donors (Lipinski definition) is 2. The van der Waals surface area contributed by atoms with Gasteiger partial charge in [-0.05, 0) is 31.2 Å². The summed E-state index contributed by atoms with van der Waals surface area (Å²) in [7, 11) is 1.65. The third-order valence-corrected chi connectivity index (χ3v) is 2.94. The van der Waals surface area contributed by atoms with Crippen molar-refractivity contribution in [1.82, 2.24) is 4.98 Å². The van der Waals surface area contributed by atoms with E-state index in [2.05, 4.69) is 31.5 Å². The van der Waals surface area contributed by atoms with Gasteiger partial charge in [-0.2, -0.15) is 0 Å². The molecular weight excluding hydrogens is 306 g/mol. The number of nitrogens with one attached hydrogen (secondary N) is 2. The Morgan fingerprint density at radius 1 is 1.21 bits per heavy atom. The van der Waals surface area contributed by atoms with Crippen LogP contribution in [0.1, 0.15) is 6.92 Å². The van der Waals surface area contributed by atoms with Crippen molar-refractivity contribution in [2.24, 2.45) is 0 Å². The molecule has 0 unspecified atom stereocenters. The van der Waals surface area contributed by atoms with Crippen LogP contribution in [0.3, 0.4) is 0 Å². The number of benzene rings is 1. The highest BCUT2D eigenvalue weighted by molar-refractivity contribution is 9.10. The molecular formula is C14H16BrN3O. The average Bonchev–Trinajstić information content (AvgIpc) is 2.39. The van der Waals surface area contributed by atoms with Gasteiger partial charge in [-0.25, -0.2) is 4.98 Å². The summed E-state index contributed by atoms with van der Waals surface area (Å²) in [5.74, 6) is 2.44. The number of pyridine rings is 1. The van der Waals surface area contributed by atoms with Crippen LogP contribution < -0.4 is 15.4 Å². The molecule has 0 atom stereocenters. The largest absolute Gasteiger partial charge is 0.497 e. The number of rotatable bonds is 5. The first-order chi connectivity index (χ1) is 9.21. The SMILES string of the molecule is CCNc1cccc(Nc2cc(Br)cc(OC)c2)n1. The summed E-state index contributed by atoms with van der Waals surface area (Å²) in [5.41, 5.74) is 0.923. The Hall–Kier alpha value is -1.75. The highest BCUT2D eigenvalue weighted by atomic mass is 79.9. The first-order valence-electron chi connectivity index (χ1n) is 6.04. The Balaban J connectivity index is 2.20. The van der Waals surface area contributed by atoms with Gasteiger partial charge < -0.3 is 15.4 Å². The van der Waals surface area contributed by atoms with Gasteiger partial charge in [0.1, 0.15) is 17.4 Å². The van der Waals surface area contributed by atoms with Gasteiger partial charge in [0.15, 0.2) is 0 Å². The molecule has 1 heterocycles. The molecule has 5 heteroatoms. The maximum absolute atomic E-state index is 5.23. The molecule has 0 aliphatic rings. The maximum Gasteiger partial charge on any atom is 0.132 e. The third-order valence-electron chi connectivity index (χ3n) is 2.49. The van der Waals surface area contributed by atoms with Crippen LogP contribution >= 0.6 is 15.9 Å². The topological polar surface area (TPSA) is 46.2 Å². The van der Waals surface area contributed by atoms with Gasteiger partial charge in [-0.3, -0.25) is 0 Å². The number of aromatic nitrogens is 1. The Morgan fingerprint density at radius 3 is 2.74 bits per heavy atom. The summed E-state index contributed by atoms with van der Waals surface area (Å²) >= 11 is 3.45. The molecule has 2 N–H and O–H groups in total. The molecule has 0 radical (unpaired) electrons. The fraction of sp³-hybridized carbons (Fsp3) is 0.214. The molecule has 2 aromatic rings. The quantitative estimate of drug-likeness (QED) is 0.872. The standard InChI is InChI=1S/C14H16BrN3O/c1-3-16-13-5-4-6-14(18-13)17-11-7-10(15)8-12(9-11)19-2/h4-9H,3H2,1-2H3,(H2,16,17,18). The van der Waals surface area contributed by atoms with Crippen molar-refractivity contribution >= 4 is 33.3 Å². The van der Waals surface area contributed by atoms with E-state index in [0.717, 1.165) is 34.1 Å². The summed E-state index contributed by atoms with van der Waals surface area (Å²) < 4.78 is 6.19. The fourth-order valence-electron chi connectivity index (χ4n) is 1.68. The predicted octanol–water partition coefficient (Wildman–Crippen LogP) is 4.03. The van der Waals surface area contributed by atoms with Crippen LogP contribution in [0.25, 0.3) is 0 Å². The summed E-state index contributed by atoms with van der Waals surface area (Å²) in [5, 5.41) is 6.44. The van der Waals surface area contributed by atoms with Crippen molar-refractivity contribution in [2.75, 3.05) is 24.3 Å². The molecule has 2 rings (SSSR count). The zero-order chi connectivity index (χ0) is 13.7. The third kappa shape index (κ3) is 3.86. The molecule has 0 saturated carbocycles.